The molecule has 3 nitrogen and oxygen atoms in total. The topological polar surface area (TPSA) is 37.4 Å². The van der Waals surface area contributed by atoms with Crippen LogP contribution >= 0.6 is 27.3 Å². The third kappa shape index (κ3) is 3.00. The highest BCUT2D eigenvalue weighted by Crippen LogP contribution is 2.45. The van der Waals surface area contributed by atoms with Crippen molar-refractivity contribution in [2.75, 3.05) is 13.1 Å². The van der Waals surface area contributed by atoms with Crippen LogP contribution in [0.2, 0.25) is 0 Å². The van der Waals surface area contributed by atoms with E-state index >= 15 is 0 Å². The minimum absolute atomic E-state index is 0.0174. The lowest BCUT2D eigenvalue weighted by Crippen LogP contribution is -2.47. The molecule has 0 radical (unpaired) electrons. The molecule has 1 aliphatic rings. The number of carbonyl (C=O) groups is 2. The zero-order valence-electron chi connectivity index (χ0n) is 12.9. The third-order valence-electron chi connectivity index (χ3n) is 4.66. The van der Waals surface area contributed by atoms with Gasteiger partial charge in [-0.15, -0.1) is 11.3 Å². The Labute approximate surface area is 148 Å². The maximum Gasteiger partial charge on any atom is 0.219 e. The summed E-state index contributed by atoms with van der Waals surface area (Å²) in [6, 6.07) is 12.2. The molecule has 0 spiro atoms. The van der Waals surface area contributed by atoms with Gasteiger partial charge in [0.25, 0.3) is 0 Å². The van der Waals surface area contributed by atoms with Gasteiger partial charge < -0.3 is 4.90 Å². The first kappa shape index (κ1) is 16.4. The highest BCUT2D eigenvalue weighted by Gasteiger charge is 2.43. The fraction of sp³-hybridized carbons (Fsp3) is 0.333. The van der Waals surface area contributed by atoms with Crippen LogP contribution in [0.3, 0.4) is 0 Å². The third-order valence-corrected chi connectivity index (χ3v) is 6.38. The fourth-order valence-electron chi connectivity index (χ4n) is 3.27. The molecule has 1 aliphatic heterocycles. The number of thiophene rings is 1. The summed E-state index contributed by atoms with van der Waals surface area (Å²) in [6.07, 6.45) is 1.32. The Kier molecular flexibility index (Phi) is 4.69. The standard InChI is InChI=1S/C18H18BrNO2S/c1-13(21)20-10-8-18(9-11-20,17(19)22)15-7-12-23-16(15)14-5-3-2-4-6-14/h2-7,12H,8-11H2,1H3. The summed E-state index contributed by atoms with van der Waals surface area (Å²) in [5.74, 6) is 0.0780. The molecule has 1 amide bonds. The molecule has 2 heterocycles. The highest BCUT2D eigenvalue weighted by molar-refractivity contribution is 9.18. The molecule has 3 rings (SSSR count). The van der Waals surface area contributed by atoms with Crippen molar-refractivity contribution < 1.29 is 9.59 Å². The van der Waals surface area contributed by atoms with E-state index in [4.69, 9.17) is 0 Å². The zero-order chi connectivity index (χ0) is 16.4. The first-order valence-electron chi connectivity index (χ1n) is 7.63. The second-order valence-corrected chi connectivity index (χ2v) is 7.53. The average molecular weight is 392 g/mol. The molecule has 0 saturated carbocycles. The van der Waals surface area contributed by atoms with Crippen molar-refractivity contribution in [2.24, 2.45) is 0 Å². The van der Waals surface area contributed by atoms with Crippen molar-refractivity contribution in [2.45, 2.75) is 25.2 Å². The molecule has 23 heavy (non-hydrogen) atoms. The van der Waals surface area contributed by atoms with Gasteiger partial charge in [-0.05, 0) is 51.3 Å². The Morgan fingerprint density at radius 1 is 1.13 bits per heavy atom. The van der Waals surface area contributed by atoms with Gasteiger partial charge in [0.15, 0.2) is 0 Å². The van der Waals surface area contributed by atoms with E-state index in [0.717, 1.165) is 16.0 Å². The van der Waals surface area contributed by atoms with Gasteiger partial charge in [-0.1, -0.05) is 30.3 Å². The number of likely N-dealkylation sites (tertiary alicyclic amines) is 1. The summed E-state index contributed by atoms with van der Waals surface area (Å²) in [5.41, 5.74) is 1.68. The van der Waals surface area contributed by atoms with E-state index in [2.05, 4.69) is 34.1 Å². The Balaban J connectivity index is 2.00. The van der Waals surface area contributed by atoms with Crippen LogP contribution in [-0.4, -0.2) is 28.6 Å². The van der Waals surface area contributed by atoms with Crippen molar-refractivity contribution in [1.29, 1.82) is 0 Å². The second-order valence-electron chi connectivity index (χ2n) is 5.89. The van der Waals surface area contributed by atoms with E-state index in [9.17, 15) is 9.59 Å². The number of nitrogens with zero attached hydrogens (tertiary/aromatic N) is 1. The van der Waals surface area contributed by atoms with Crippen molar-refractivity contribution >= 4 is 37.9 Å². The second kappa shape index (κ2) is 6.57. The Hall–Kier alpha value is -1.46. The van der Waals surface area contributed by atoms with Gasteiger partial charge in [0.05, 0.1) is 5.41 Å². The predicted molar refractivity (Wildman–Crippen MR) is 96.9 cm³/mol. The maximum absolute atomic E-state index is 12.5. The molecule has 5 heteroatoms. The molecule has 0 unspecified atom stereocenters. The molecule has 1 aromatic carbocycles. The summed E-state index contributed by atoms with van der Waals surface area (Å²) in [7, 11) is 0. The lowest BCUT2D eigenvalue weighted by atomic mass is 9.73. The van der Waals surface area contributed by atoms with E-state index in [1.165, 1.54) is 0 Å². The molecular weight excluding hydrogens is 374 g/mol. The van der Waals surface area contributed by atoms with Crippen molar-refractivity contribution in [1.82, 2.24) is 4.90 Å². The van der Waals surface area contributed by atoms with Crippen molar-refractivity contribution in [3.63, 3.8) is 0 Å². The van der Waals surface area contributed by atoms with Gasteiger partial charge in [-0.3, -0.25) is 9.59 Å². The van der Waals surface area contributed by atoms with Crippen LogP contribution in [0.5, 0.6) is 0 Å². The SMILES string of the molecule is CC(=O)N1CCC(C(=O)Br)(c2ccsc2-c2ccccc2)CC1. The van der Waals surface area contributed by atoms with E-state index in [1.54, 1.807) is 18.3 Å². The van der Waals surface area contributed by atoms with E-state index in [0.29, 0.717) is 25.9 Å². The fourth-order valence-corrected chi connectivity index (χ4v) is 4.89. The maximum atomic E-state index is 12.5. The van der Waals surface area contributed by atoms with Crippen molar-refractivity contribution in [3.05, 3.63) is 47.3 Å². The molecule has 1 fully saturated rings. The monoisotopic (exact) mass is 391 g/mol. The molecule has 1 saturated heterocycles. The Bertz CT molecular complexity index is 718. The van der Waals surface area contributed by atoms with E-state index in [1.807, 2.05) is 28.5 Å². The summed E-state index contributed by atoms with van der Waals surface area (Å²) in [4.78, 5) is 27.1. The minimum Gasteiger partial charge on any atom is -0.343 e. The first-order valence-corrected chi connectivity index (χ1v) is 9.31. The number of carbonyl (C=O) groups excluding carboxylic acids is 2. The molecule has 120 valence electrons. The molecule has 1 aromatic heterocycles. The number of hydrogen-bond acceptors (Lipinski definition) is 3. The quantitative estimate of drug-likeness (QED) is 0.734. The van der Waals surface area contributed by atoms with Crippen LogP contribution < -0.4 is 0 Å². The molecule has 0 atom stereocenters. The summed E-state index contributed by atoms with van der Waals surface area (Å²) in [5, 5.41) is 2.05. The van der Waals surface area contributed by atoms with Crippen molar-refractivity contribution in [3.8, 4) is 10.4 Å². The molecule has 0 aliphatic carbocycles. The molecular formula is C18H18BrNO2S. The van der Waals surface area contributed by atoms with Gasteiger partial charge >= 0.3 is 0 Å². The first-order chi connectivity index (χ1) is 11.0. The number of piperidine rings is 1. The van der Waals surface area contributed by atoms with Gasteiger partial charge in [0, 0.05) is 24.9 Å². The summed E-state index contributed by atoms with van der Waals surface area (Å²) in [6.45, 7) is 2.83. The van der Waals surface area contributed by atoms with Crippen LogP contribution in [0.15, 0.2) is 41.8 Å². The molecule has 2 aromatic rings. The number of rotatable bonds is 3. The van der Waals surface area contributed by atoms with E-state index in [-0.39, 0.29) is 10.6 Å². The van der Waals surface area contributed by atoms with Gasteiger partial charge in [-0.2, -0.15) is 0 Å². The van der Waals surface area contributed by atoms with Gasteiger partial charge in [0.2, 0.25) is 10.6 Å². The Morgan fingerprint density at radius 2 is 1.78 bits per heavy atom. The lowest BCUT2D eigenvalue weighted by Gasteiger charge is -2.39. The number of amides is 1. The zero-order valence-corrected chi connectivity index (χ0v) is 15.3. The van der Waals surface area contributed by atoms with Crippen LogP contribution in [0.25, 0.3) is 10.4 Å². The molecule has 0 N–H and O–H groups in total. The average Bonchev–Trinajstić information content (AvgIpc) is 3.05. The predicted octanol–water partition coefficient (Wildman–Crippen LogP) is 4.22. The van der Waals surface area contributed by atoms with Crippen LogP contribution in [0.4, 0.5) is 0 Å². The smallest absolute Gasteiger partial charge is 0.219 e. The van der Waals surface area contributed by atoms with Crippen LogP contribution in [0, 0.1) is 0 Å². The normalized spacial score (nSPS) is 17.0. The highest BCUT2D eigenvalue weighted by atomic mass is 79.9. The minimum atomic E-state index is -0.545. The number of halogens is 1. The largest absolute Gasteiger partial charge is 0.343 e. The lowest BCUT2D eigenvalue weighted by molar-refractivity contribution is -0.132. The number of benzene rings is 1. The van der Waals surface area contributed by atoms with E-state index < -0.39 is 5.41 Å². The van der Waals surface area contributed by atoms with Crippen LogP contribution in [-0.2, 0) is 15.0 Å². The summed E-state index contributed by atoms with van der Waals surface area (Å²) >= 11 is 4.91. The Morgan fingerprint density at radius 3 is 2.35 bits per heavy atom. The number of hydrogen-bond donors (Lipinski definition) is 0. The van der Waals surface area contributed by atoms with Crippen LogP contribution in [0.1, 0.15) is 25.3 Å². The van der Waals surface area contributed by atoms with Gasteiger partial charge in [0.1, 0.15) is 0 Å². The summed E-state index contributed by atoms with van der Waals surface area (Å²) < 4.78 is 0.0174. The molecule has 0 bridgehead atoms. The van der Waals surface area contributed by atoms with Gasteiger partial charge in [-0.25, -0.2) is 0 Å².